The molecule has 4 heteroatoms. The smallest absolute Gasteiger partial charge is 0.224 e. The van der Waals surface area contributed by atoms with Crippen LogP contribution < -0.4 is 11.1 Å². The Bertz CT molecular complexity index is 296. The molecule has 2 aliphatic rings. The molecule has 0 radical (unpaired) electrons. The fraction of sp³-hybridized carbons (Fsp3) is 0.933. The van der Waals surface area contributed by atoms with Gasteiger partial charge in [-0.1, -0.05) is 38.5 Å². The lowest BCUT2D eigenvalue weighted by Gasteiger charge is -2.26. The van der Waals surface area contributed by atoms with E-state index in [1.807, 2.05) is 0 Å². The van der Waals surface area contributed by atoms with Crippen molar-refractivity contribution in [2.75, 3.05) is 0 Å². The fourth-order valence-corrected chi connectivity index (χ4v) is 3.41. The van der Waals surface area contributed by atoms with Crippen LogP contribution in [0.1, 0.15) is 64.2 Å². The predicted molar refractivity (Wildman–Crippen MR) is 75.6 cm³/mol. The summed E-state index contributed by atoms with van der Waals surface area (Å²) in [7, 11) is 0. The number of nitrogens with two attached hydrogens (primary N) is 1. The number of carbonyl (C=O) groups excluding carboxylic acids is 1. The highest BCUT2D eigenvalue weighted by Crippen LogP contribution is 2.24. The Hall–Kier alpha value is -0.610. The van der Waals surface area contributed by atoms with E-state index in [4.69, 9.17) is 5.73 Å². The molecule has 4 nitrogen and oxygen atoms in total. The van der Waals surface area contributed by atoms with E-state index < -0.39 is 0 Å². The molecule has 1 amide bonds. The van der Waals surface area contributed by atoms with Crippen molar-refractivity contribution in [1.82, 2.24) is 5.32 Å². The van der Waals surface area contributed by atoms with Gasteiger partial charge in [0.05, 0.1) is 18.1 Å². The predicted octanol–water partition coefficient (Wildman–Crippen LogP) is 1.70. The van der Waals surface area contributed by atoms with Crippen LogP contribution in [0.25, 0.3) is 0 Å². The lowest BCUT2D eigenvalue weighted by Crippen LogP contribution is -2.48. The van der Waals surface area contributed by atoms with Crippen LogP contribution in [0, 0.1) is 5.92 Å². The van der Waals surface area contributed by atoms with Crippen molar-refractivity contribution in [2.24, 2.45) is 11.7 Å². The van der Waals surface area contributed by atoms with Crippen LogP contribution in [0.5, 0.6) is 0 Å². The molecule has 19 heavy (non-hydrogen) atoms. The van der Waals surface area contributed by atoms with E-state index in [-0.39, 0.29) is 30.0 Å². The molecule has 110 valence electrons. The van der Waals surface area contributed by atoms with E-state index in [1.165, 1.54) is 6.42 Å². The summed E-state index contributed by atoms with van der Waals surface area (Å²) >= 11 is 0. The highest BCUT2D eigenvalue weighted by Gasteiger charge is 2.30. The first-order valence-electron chi connectivity index (χ1n) is 7.92. The van der Waals surface area contributed by atoms with Gasteiger partial charge in [-0.2, -0.15) is 0 Å². The summed E-state index contributed by atoms with van der Waals surface area (Å²) in [5, 5.41) is 13.1. The van der Waals surface area contributed by atoms with E-state index in [0.717, 1.165) is 57.8 Å². The van der Waals surface area contributed by atoms with Gasteiger partial charge in [-0.25, -0.2) is 0 Å². The van der Waals surface area contributed by atoms with Crippen molar-refractivity contribution < 1.29 is 9.90 Å². The number of hydrogen-bond donors (Lipinski definition) is 3. The molecule has 4 unspecified atom stereocenters. The molecule has 0 aromatic carbocycles. The molecule has 0 spiro atoms. The van der Waals surface area contributed by atoms with Crippen LogP contribution in [-0.4, -0.2) is 29.2 Å². The molecule has 2 saturated carbocycles. The van der Waals surface area contributed by atoms with Gasteiger partial charge in [0.2, 0.25) is 5.91 Å². The average molecular weight is 268 g/mol. The lowest BCUT2D eigenvalue weighted by atomic mass is 9.93. The highest BCUT2D eigenvalue weighted by atomic mass is 16.3. The lowest BCUT2D eigenvalue weighted by molar-refractivity contribution is -0.127. The Labute approximate surface area is 116 Å². The zero-order valence-corrected chi connectivity index (χ0v) is 11.8. The Morgan fingerprint density at radius 2 is 1.58 bits per heavy atom. The third-order valence-electron chi connectivity index (χ3n) is 4.71. The number of carbonyl (C=O) groups is 1. The number of amides is 1. The topological polar surface area (TPSA) is 75.4 Å². The molecule has 2 rings (SSSR count). The number of aliphatic hydroxyl groups is 1. The zero-order valence-electron chi connectivity index (χ0n) is 11.8. The maximum atomic E-state index is 12.4. The Morgan fingerprint density at radius 3 is 2.37 bits per heavy atom. The monoisotopic (exact) mass is 268 g/mol. The van der Waals surface area contributed by atoms with Gasteiger partial charge in [0.1, 0.15) is 0 Å². The number of rotatable bonds is 2. The molecule has 4 N–H and O–H groups in total. The molecule has 0 bridgehead atoms. The first-order valence-corrected chi connectivity index (χ1v) is 7.92. The second kappa shape index (κ2) is 7.25. The van der Waals surface area contributed by atoms with Crippen molar-refractivity contribution in [3.63, 3.8) is 0 Å². The van der Waals surface area contributed by atoms with E-state index in [0.29, 0.717) is 0 Å². The molecule has 0 saturated heterocycles. The molecule has 2 fully saturated rings. The van der Waals surface area contributed by atoms with Crippen molar-refractivity contribution in [1.29, 1.82) is 0 Å². The standard InChI is InChI=1S/C15H28N2O2/c16-12-8-4-1-3-7-11(12)15(19)17-13-9-5-2-6-10-14(13)18/h11-14,18H,1-10,16H2,(H,17,19). The minimum atomic E-state index is -0.381. The van der Waals surface area contributed by atoms with Gasteiger partial charge in [0.15, 0.2) is 0 Å². The second-order valence-electron chi connectivity index (χ2n) is 6.23. The van der Waals surface area contributed by atoms with Crippen LogP contribution >= 0.6 is 0 Å². The van der Waals surface area contributed by atoms with Crippen molar-refractivity contribution in [3.05, 3.63) is 0 Å². The van der Waals surface area contributed by atoms with Gasteiger partial charge >= 0.3 is 0 Å². The van der Waals surface area contributed by atoms with Gasteiger partial charge < -0.3 is 16.2 Å². The van der Waals surface area contributed by atoms with Gasteiger partial charge in [0, 0.05) is 6.04 Å². The van der Waals surface area contributed by atoms with Crippen LogP contribution in [0.2, 0.25) is 0 Å². The number of nitrogens with one attached hydrogen (secondary N) is 1. The van der Waals surface area contributed by atoms with E-state index in [9.17, 15) is 9.90 Å². The maximum Gasteiger partial charge on any atom is 0.224 e. The third-order valence-corrected chi connectivity index (χ3v) is 4.71. The van der Waals surface area contributed by atoms with Crippen molar-refractivity contribution in [2.45, 2.75) is 82.4 Å². The molecule has 0 aromatic rings. The summed E-state index contributed by atoms with van der Waals surface area (Å²) in [5.74, 6) is 0.0123. The summed E-state index contributed by atoms with van der Waals surface area (Å²) in [6, 6.07) is -0.0733. The molecule has 0 heterocycles. The molecule has 0 aromatic heterocycles. The molecular formula is C15H28N2O2. The Kier molecular flexibility index (Phi) is 5.64. The number of hydrogen-bond acceptors (Lipinski definition) is 3. The molecular weight excluding hydrogens is 240 g/mol. The van der Waals surface area contributed by atoms with Crippen LogP contribution in [0.15, 0.2) is 0 Å². The quantitative estimate of drug-likeness (QED) is 0.667. The van der Waals surface area contributed by atoms with Gasteiger partial charge in [-0.05, 0) is 25.7 Å². The van der Waals surface area contributed by atoms with Gasteiger partial charge in [-0.3, -0.25) is 4.79 Å². The van der Waals surface area contributed by atoms with E-state index in [1.54, 1.807) is 0 Å². The number of aliphatic hydroxyl groups excluding tert-OH is 1. The van der Waals surface area contributed by atoms with Crippen LogP contribution in [0.4, 0.5) is 0 Å². The summed E-state index contributed by atoms with van der Waals surface area (Å²) in [4.78, 5) is 12.4. The summed E-state index contributed by atoms with van der Waals surface area (Å²) < 4.78 is 0. The van der Waals surface area contributed by atoms with Crippen molar-refractivity contribution in [3.8, 4) is 0 Å². The Morgan fingerprint density at radius 1 is 0.947 bits per heavy atom. The third kappa shape index (κ3) is 4.18. The first-order chi connectivity index (χ1) is 9.18. The molecule has 0 aliphatic heterocycles. The average Bonchev–Trinajstić information content (AvgIpc) is 2.71. The summed E-state index contributed by atoms with van der Waals surface area (Å²) in [6.45, 7) is 0. The molecule has 4 atom stereocenters. The summed E-state index contributed by atoms with van der Waals surface area (Å²) in [5.41, 5.74) is 6.13. The second-order valence-corrected chi connectivity index (χ2v) is 6.23. The van der Waals surface area contributed by atoms with Crippen LogP contribution in [-0.2, 0) is 4.79 Å². The SMILES string of the molecule is NC1CCCCCC1C(=O)NC1CCCCCC1O. The first kappa shape index (κ1) is 14.8. The molecule has 2 aliphatic carbocycles. The normalized spacial score (nSPS) is 37.2. The minimum absolute atomic E-state index is 0.00887. The van der Waals surface area contributed by atoms with Gasteiger partial charge in [-0.15, -0.1) is 0 Å². The van der Waals surface area contributed by atoms with Crippen LogP contribution in [0.3, 0.4) is 0 Å². The minimum Gasteiger partial charge on any atom is -0.391 e. The summed E-state index contributed by atoms with van der Waals surface area (Å²) in [6.07, 6.45) is 9.91. The highest BCUT2D eigenvalue weighted by molar-refractivity contribution is 5.79. The maximum absolute atomic E-state index is 12.4. The largest absolute Gasteiger partial charge is 0.391 e. The van der Waals surface area contributed by atoms with Crippen molar-refractivity contribution >= 4 is 5.91 Å². The zero-order chi connectivity index (χ0) is 13.7. The van der Waals surface area contributed by atoms with E-state index >= 15 is 0 Å². The fourth-order valence-electron chi connectivity index (χ4n) is 3.41. The Balaban J connectivity index is 1.90. The van der Waals surface area contributed by atoms with Gasteiger partial charge in [0.25, 0.3) is 0 Å². The van der Waals surface area contributed by atoms with E-state index in [2.05, 4.69) is 5.32 Å².